The minimum absolute atomic E-state index is 0.508. The van der Waals surface area contributed by atoms with E-state index >= 15 is 0 Å². The highest BCUT2D eigenvalue weighted by Gasteiger charge is 2.10. The van der Waals surface area contributed by atoms with Gasteiger partial charge in [0, 0.05) is 0 Å². The molecule has 0 amide bonds. The first kappa shape index (κ1) is 9.34. The quantitative estimate of drug-likeness (QED) is 0.740. The van der Waals surface area contributed by atoms with Crippen molar-refractivity contribution >= 4 is 0 Å². The molecule has 0 spiro atoms. The molecule has 0 radical (unpaired) electrons. The number of hydrogen-bond donors (Lipinski definition) is 1. The zero-order valence-corrected chi connectivity index (χ0v) is 8.54. The van der Waals surface area contributed by atoms with Crippen molar-refractivity contribution in [2.24, 2.45) is 0 Å². The molecule has 1 aromatic carbocycles. The lowest BCUT2D eigenvalue weighted by atomic mass is 10.0. The summed E-state index contributed by atoms with van der Waals surface area (Å²) < 4.78 is 11.0. The van der Waals surface area contributed by atoms with Gasteiger partial charge in [0.25, 0.3) is 0 Å². The number of nitrogens with one attached hydrogen (secondary N) is 1. The van der Waals surface area contributed by atoms with Crippen LogP contribution in [0.15, 0.2) is 18.2 Å². The molecule has 0 bridgehead atoms. The molecule has 2 rings (SSSR count). The molecular weight excluding hydrogens is 178 g/mol. The molecule has 1 N–H and O–H groups in total. The lowest BCUT2D eigenvalue weighted by molar-refractivity contribution is 0.256. The van der Waals surface area contributed by atoms with Crippen molar-refractivity contribution in [1.29, 1.82) is 0 Å². The first-order valence-corrected chi connectivity index (χ1v) is 4.87. The van der Waals surface area contributed by atoms with Gasteiger partial charge in [0.2, 0.25) is 0 Å². The standard InChI is InChI=1S/C11H15NO2/c1-8(2)9-3-4-10-11(5-9)14-7-12-6-13-10/h3-5,8,12H,6-7H2,1-2H3. The number of rotatable bonds is 1. The average molecular weight is 193 g/mol. The molecule has 1 aromatic rings. The first-order chi connectivity index (χ1) is 6.77. The van der Waals surface area contributed by atoms with Gasteiger partial charge in [0.05, 0.1) is 0 Å². The molecule has 0 unspecified atom stereocenters. The minimum atomic E-state index is 0.508. The van der Waals surface area contributed by atoms with Crippen LogP contribution in [-0.2, 0) is 0 Å². The summed E-state index contributed by atoms with van der Waals surface area (Å²) in [4.78, 5) is 0. The maximum Gasteiger partial charge on any atom is 0.163 e. The summed E-state index contributed by atoms with van der Waals surface area (Å²) in [5.41, 5.74) is 1.27. The Morgan fingerprint density at radius 1 is 1.14 bits per heavy atom. The van der Waals surface area contributed by atoms with Gasteiger partial charge in [-0.15, -0.1) is 0 Å². The van der Waals surface area contributed by atoms with Gasteiger partial charge in [-0.1, -0.05) is 19.9 Å². The summed E-state index contributed by atoms with van der Waals surface area (Å²) in [7, 11) is 0. The second-order valence-corrected chi connectivity index (χ2v) is 3.69. The van der Waals surface area contributed by atoms with Crippen molar-refractivity contribution in [1.82, 2.24) is 5.32 Å². The van der Waals surface area contributed by atoms with E-state index in [1.54, 1.807) is 0 Å². The highest BCUT2D eigenvalue weighted by atomic mass is 16.5. The minimum Gasteiger partial charge on any atom is -0.474 e. The van der Waals surface area contributed by atoms with Crippen LogP contribution in [0, 0.1) is 0 Å². The molecule has 76 valence electrons. The predicted octanol–water partition coefficient (Wildman–Crippen LogP) is 2.09. The van der Waals surface area contributed by atoms with Crippen molar-refractivity contribution in [3.8, 4) is 11.5 Å². The third-order valence-electron chi connectivity index (χ3n) is 2.29. The van der Waals surface area contributed by atoms with Crippen molar-refractivity contribution in [3.05, 3.63) is 23.8 Å². The summed E-state index contributed by atoms with van der Waals surface area (Å²) in [5, 5.41) is 3.00. The zero-order chi connectivity index (χ0) is 9.97. The third kappa shape index (κ3) is 1.82. The SMILES string of the molecule is CC(C)c1ccc2c(c1)OCNCO2. The second-order valence-electron chi connectivity index (χ2n) is 3.69. The molecule has 0 fully saturated rings. The molecule has 1 aliphatic heterocycles. The van der Waals surface area contributed by atoms with Crippen molar-refractivity contribution in [3.63, 3.8) is 0 Å². The van der Waals surface area contributed by atoms with E-state index in [0.717, 1.165) is 11.5 Å². The summed E-state index contributed by atoms with van der Waals surface area (Å²) in [6, 6.07) is 6.10. The van der Waals surface area contributed by atoms with E-state index in [1.807, 2.05) is 12.1 Å². The van der Waals surface area contributed by atoms with Crippen molar-refractivity contribution in [2.45, 2.75) is 19.8 Å². The Morgan fingerprint density at radius 3 is 2.57 bits per heavy atom. The Kier molecular flexibility index (Phi) is 2.59. The Balaban J connectivity index is 2.32. The fourth-order valence-electron chi connectivity index (χ4n) is 1.42. The average Bonchev–Trinajstić information content (AvgIpc) is 2.41. The maximum atomic E-state index is 5.50. The third-order valence-corrected chi connectivity index (χ3v) is 2.29. The monoisotopic (exact) mass is 193 g/mol. The van der Waals surface area contributed by atoms with E-state index < -0.39 is 0 Å². The molecule has 1 heterocycles. The lowest BCUT2D eigenvalue weighted by Crippen LogP contribution is -2.21. The van der Waals surface area contributed by atoms with Gasteiger partial charge in [-0.25, -0.2) is 0 Å². The second kappa shape index (κ2) is 3.88. The Morgan fingerprint density at radius 2 is 1.86 bits per heavy atom. The topological polar surface area (TPSA) is 30.5 Å². The van der Waals surface area contributed by atoms with Crippen LogP contribution in [0.1, 0.15) is 25.3 Å². The van der Waals surface area contributed by atoms with E-state index in [0.29, 0.717) is 19.4 Å². The summed E-state index contributed by atoms with van der Waals surface area (Å²) in [6.45, 7) is 5.34. The van der Waals surface area contributed by atoms with Gasteiger partial charge in [-0.3, -0.25) is 5.32 Å². The molecule has 3 nitrogen and oxygen atoms in total. The molecule has 0 saturated heterocycles. The Hall–Kier alpha value is -1.22. The van der Waals surface area contributed by atoms with Gasteiger partial charge in [-0.2, -0.15) is 0 Å². The number of hydrogen-bond acceptors (Lipinski definition) is 3. The molecule has 1 aliphatic rings. The van der Waals surface area contributed by atoms with E-state index in [1.165, 1.54) is 5.56 Å². The molecule has 3 heteroatoms. The van der Waals surface area contributed by atoms with Crippen LogP contribution in [0.25, 0.3) is 0 Å². The number of ether oxygens (including phenoxy) is 2. The van der Waals surface area contributed by atoms with Gasteiger partial charge in [0.1, 0.15) is 13.5 Å². The Bertz CT molecular complexity index is 323. The summed E-state index contributed by atoms with van der Waals surface area (Å²) in [5.74, 6) is 2.17. The molecule has 0 atom stereocenters. The van der Waals surface area contributed by atoms with Crippen LogP contribution in [0.4, 0.5) is 0 Å². The van der Waals surface area contributed by atoms with E-state index in [9.17, 15) is 0 Å². The number of benzene rings is 1. The van der Waals surface area contributed by atoms with Crippen LogP contribution in [0.3, 0.4) is 0 Å². The van der Waals surface area contributed by atoms with Gasteiger partial charge in [-0.05, 0) is 23.6 Å². The van der Waals surface area contributed by atoms with Gasteiger partial charge < -0.3 is 9.47 Å². The van der Waals surface area contributed by atoms with Crippen molar-refractivity contribution < 1.29 is 9.47 Å². The normalized spacial score (nSPS) is 15.4. The highest BCUT2D eigenvalue weighted by molar-refractivity contribution is 5.44. The highest BCUT2D eigenvalue weighted by Crippen LogP contribution is 2.31. The molecule has 0 aliphatic carbocycles. The van der Waals surface area contributed by atoms with Crippen LogP contribution in [-0.4, -0.2) is 13.5 Å². The van der Waals surface area contributed by atoms with Gasteiger partial charge in [0.15, 0.2) is 11.5 Å². The van der Waals surface area contributed by atoms with Crippen LogP contribution >= 0.6 is 0 Å². The first-order valence-electron chi connectivity index (χ1n) is 4.87. The fraction of sp³-hybridized carbons (Fsp3) is 0.455. The predicted molar refractivity (Wildman–Crippen MR) is 54.7 cm³/mol. The summed E-state index contributed by atoms with van der Waals surface area (Å²) in [6.07, 6.45) is 0. The zero-order valence-electron chi connectivity index (χ0n) is 8.54. The van der Waals surface area contributed by atoms with E-state index in [4.69, 9.17) is 9.47 Å². The molecule has 0 aromatic heterocycles. The maximum absolute atomic E-state index is 5.50. The van der Waals surface area contributed by atoms with Gasteiger partial charge >= 0.3 is 0 Å². The van der Waals surface area contributed by atoms with E-state index in [-0.39, 0.29) is 0 Å². The van der Waals surface area contributed by atoms with E-state index in [2.05, 4.69) is 25.2 Å². The van der Waals surface area contributed by atoms with Crippen molar-refractivity contribution in [2.75, 3.05) is 13.5 Å². The molecule has 14 heavy (non-hydrogen) atoms. The lowest BCUT2D eigenvalue weighted by Gasteiger charge is -2.10. The molecular formula is C11H15NO2. The Labute approximate surface area is 84.0 Å². The molecule has 0 saturated carbocycles. The smallest absolute Gasteiger partial charge is 0.163 e. The fourth-order valence-corrected chi connectivity index (χ4v) is 1.42. The largest absolute Gasteiger partial charge is 0.474 e. The van der Waals surface area contributed by atoms with Crippen LogP contribution in [0.2, 0.25) is 0 Å². The van der Waals surface area contributed by atoms with Crippen LogP contribution in [0.5, 0.6) is 11.5 Å². The van der Waals surface area contributed by atoms with Crippen LogP contribution < -0.4 is 14.8 Å². The summed E-state index contributed by atoms with van der Waals surface area (Å²) >= 11 is 0. The number of fused-ring (bicyclic) bond motifs is 1.